The van der Waals surface area contributed by atoms with Gasteiger partial charge in [-0.05, 0) is 13.8 Å². The molecule has 0 heterocycles. The predicted molar refractivity (Wildman–Crippen MR) is 62.6 cm³/mol. The van der Waals surface area contributed by atoms with Crippen LogP contribution in [0.2, 0.25) is 0 Å². The molecule has 1 atom stereocenters. The third kappa shape index (κ3) is 5.37. The Morgan fingerprint density at radius 1 is 1.50 bits per heavy atom. The van der Waals surface area contributed by atoms with E-state index in [1.165, 1.54) is 0 Å². The minimum absolute atomic E-state index is 0.104. The molecule has 0 aromatic heterocycles. The molecular formula is C11H19N3O2. The zero-order valence-corrected chi connectivity index (χ0v) is 10.0. The van der Waals surface area contributed by atoms with Gasteiger partial charge in [0.15, 0.2) is 0 Å². The molecule has 16 heavy (non-hydrogen) atoms. The van der Waals surface area contributed by atoms with Crippen LogP contribution in [0, 0.1) is 12.3 Å². The lowest BCUT2D eigenvalue weighted by Gasteiger charge is -2.20. The molecule has 0 bridgehead atoms. The van der Waals surface area contributed by atoms with Crippen LogP contribution in [0.5, 0.6) is 0 Å². The number of nitrogens with zero attached hydrogens (tertiary/aromatic N) is 1. The monoisotopic (exact) mass is 225 g/mol. The Hall–Kier alpha value is -1.54. The van der Waals surface area contributed by atoms with Gasteiger partial charge >= 0.3 is 0 Å². The van der Waals surface area contributed by atoms with E-state index in [0.717, 1.165) is 0 Å². The van der Waals surface area contributed by atoms with Gasteiger partial charge in [0.25, 0.3) is 0 Å². The Morgan fingerprint density at radius 3 is 2.62 bits per heavy atom. The molecule has 0 aliphatic rings. The lowest BCUT2D eigenvalue weighted by molar-refractivity contribution is -0.134. The zero-order chi connectivity index (χ0) is 12.6. The Kier molecular flexibility index (Phi) is 6.97. The van der Waals surface area contributed by atoms with Crippen molar-refractivity contribution in [2.24, 2.45) is 0 Å². The van der Waals surface area contributed by atoms with Crippen LogP contribution in [0.15, 0.2) is 0 Å². The number of nitrogens with one attached hydrogen (secondary N) is 2. The van der Waals surface area contributed by atoms with Gasteiger partial charge in [0, 0.05) is 13.6 Å². The van der Waals surface area contributed by atoms with E-state index in [1.54, 1.807) is 18.9 Å². The van der Waals surface area contributed by atoms with Crippen LogP contribution < -0.4 is 10.6 Å². The van der Waals surface area contributed by atoms with Crippen molar-refractivity contribution in [3.05, 3.63) is 0 Å². The summed E-state index contributed by atoms with van der Waals surface area (Å²) in [4.78, 5) is 24.5. The van der Waals surface area contributed by atoms with Crippen molar-refractivity contribution < 1.29 is 9.59 Å². The molecule has 90 valence electrons. The second kappa shape index (κ2) is 7.71. The summed E-state index contributed by atoms with van der Waals surface area (Å²) in [6.45, 7) is 4.62. The topological polar surface area (TPSA) is 61.4 Å². The van der Waals surface area contributed by atoms with Gasteiger partial charge in [-0.3, -0.25) is 14.9 Å². The molecule has 1 unspecified atom stereocenters. The SMILES string of the molecule is C#CCNCC(=O)NC(C)C(=O)N(C)CC. The standard InChI is InChI=1S/C11H19N3O2/c1-5-7-12-8-10(15)13-9(3)11(16)14(4)6-2/h1,9,12H,6-8H2,2-4H3,(H,13,15). The molecule has 2 amide bonds. The number of hydrogen-bond acceptors (Lipinski definition) is 3. The van der Waals surface area contributed by atoms with Gasteiger partial charge in [-0.2, -0.15) is 0 Å². The Bertz CT molecular complexity index is 283. The first-order valence-corrected chi connectivity index (χ1v) is 5.21. The van der Waals surface area contributed by atoms with Crippen LogP contribution in [0.25, 0.3) is 0 Å². The van der Waals surface area contributed by atoms with Crippen molar-refractivity contribution in [3.8, 4) is 12.3 Å². The van der Waals surface area contributed by atoms with Crippen LogP contribution in [-0.4, -0.2) is 49.4 Å². The molecule has 0 aromatic rings. The summed E-state index contributed by atoms with van der Waals surface area (Å²) in [7, 11) is 1.70. The highest BCUT2D eigenvalue weighted by Crippen LogP contribution is 1.90. The molecule has 0 aliphatic carbocycles. The van der Waals surface area contributed by atoms with E-state index in [9.17, 15) is 9.59 Å². The van der Waals surface area contributed by atoms with Crippen LogP contribution in [-0.2, 0) is 9.59 Å². The number of amides is 2. The zero-order valence-electron chi connectivity index (χ0n) is 10.0. The maximum atomic E-state index is 11.6. The summed E-state index contributed by atoms with van der Waals surface area (Å²) in [6, 6.07) is -0.509. The van der Waals surface area contributed by atoms with Crippen molar-refractivity contribution in [1.82, 2.24) is 15.5 Å². The van der Waals surface area contributed by atoms with Crippen molar-refractivity contribution in [2.75, 3.05) is 26.7 Å². The van der Waals surface area contributed by atoms with Gasteiger partial charge in [-0.25, -0.2) is 0 Å². The maximum absolute atomic E-state index is 11.6. The minimum Gasteiger partial charge on any atom is -0.344 e. The summed E-state index contributed by atoms with van der Waals surface area (Å²) in [6.07, 6.45) is 5.02. The average Bonchev–Trinajstić information content (AvgIpc) is 2.27. The van der Waals surface area contributed by atoms with Gasteiger partial charge in [0.2, 0.25) is 11.8 Å². The maximum Gasteiger partial charge on any atom is 0.244 e. The van der Waals surface area contributed by atoms with Gasteiger partial charge in [-0.1, -0.05) is 5.92 Å². The van der Waals surface area contributed by atoms with Gasteiger partial charge in [0.1, 0.15) is 6.04 Å². The van der Waals surface area contributed by atoms with E-state index in [1.807, 2.05) is 6.92 Å². The first kappa shape index (κ1) is 14.5. The molecule has 5 nitrogen and oxygen atoms in total. The number of hydrogen-bond donors (Lipinski definition) is 2. The van der Waals surface area contributed by atoms with Crippen LogP contribution in [0.1, 0.15) is 13.8 Å². The fourth-order valence-corrected chi connectivity index (χ4v) is 1.09. The molecule has 0 fully saturated rings. The Balaban J connectivity index is 3.95. The molecule has 0 saturated heterocycles. The van der Waals surface area contributed by atoms with E-state index in [2.05, 4.69) is 16.6 Å². The largest absolute Gasteiger partial charge is 0.344 e. The molecule has 0 aromatic carbocycles. The summed E-state index contributed by atoms with van der Waals surface area (Å²) in [5, 5.41) is 5.34. The number of carbonyl (C=O) groups excluding carboxylic acids is 2. The number of rotatable bonds is 6. The first-order valence-electron chi connectivity index (χ1n) is 5.21. The van der Waals surface area contributed by atoms with E-state index < -0.39 is 6.04 Å². The fourth-order valence-electron chi connectivity index (χ4n) is 1.09. The smallest absolute Gasteiger partial charge is 0.244 e. The molecule has 0 radical (unpaired) electrons. The van der Waals surface area contributed by atoms with Crippen LogP contribution in [0.4, 0.5) is 0 Å². The van der Waals surface area contributed by atoms with Crippen molar-refractivity contribution >= 4 is 11.8 Å². The first-order chi connectivity index (χ1) is 7.52. The van der Waals surface area contributed by atoms with E-state index >= 15 is 0 Å². The molecule has 2 N–H and O–H groups in total. The van der Waals surface area contributed by atoms with Gasteiger partial charge < -0.3 is 10.2 Å². The second-order valence-corrected chi connectivity index (χ2v) is 3.45. The number of carbonyl (C=O) groups is 2. The quantitative estimate of drug-likeness (QED) is 0.459. The summed E-state index contributed by atoms with van der Waals surface area (Å²) in [5.41, 5.74) is 0. The van der Waals surface area contributed by atoms with Crippen LogP contribution in [0.3, 0.4) is 0 Å². The molecule has 0 aliphatic heterocycles. The normalized spacial score (nSPS) is 11.4. The second-order valence-electron chi connectivity index (χ2n) is 3.45. The third-order valence-electron chi connectivity index (χ3n) is 2.11. The van der Waals surface area contributed by atoms with E-state index in [-0.39, 0.29) is 18.4 Å². The summed E-state index contributed by atoms with van der Waals surface area (Å²) >= 11 is 0. The highest BCUT2D eigenvalue weighted by molar-refractivity contribution is 5.87. The lowest BCUT2D eigenvalue weighted by atomic mass is 10.3. The highest BCUT2D eigenvalue weighted by Gasteiger charge is 2.17. The number of terminal acetylenes is 1. The minimum atomic E-state index is -0.509. The molecular weight excluding hydrogens is 206 g/mol. The number of likely N-dealkylation sites (N-methyl/N-ethyl adjacent to an activating group) is 1. The van der Waals surface area contributed by atoms with Crippen molar-refractivity contribution in [2.45, 2.75) is 19.9 Å². The molecule has 0 saturated carbocycles. The molecule has 0 spiro atoms. The van der Waals surface area contributed by atoms with Crippen molar-refractivity contribution in [3.63, 3.8) is 0 Å². The van der Waals surface area contributed by atoms with Gasteiger partial charge in [-0.15, -0.1) is 6.42 Å². The molecule has 5 heteroatoms. The Labute approximate surface area is 96.6 Å². The van der Waals surface area contributed by atoms with Crippen molar-refractivity contribution in [1.29, 1.82) is 0 Å². The summed E-state index contributed by atoms with van der Waals surface area (Å²) < 4.78 is 0. The third-order valence-corrected chi connectivity index (χ3v) is 2.11. The van der Waals surface area contributed by atoms with E-state index in [4.69, 9.17) is 6.42 Å². The fraction of sp³-hybridized carbons (Fsp3) is 0.636. The summed E-state index contributed by atoms with van der Waals surface area (Å²) in [5.74, 6) is 2.02. The average molecular weight is 225 g/mol. The van der Waals surface area contributed by atoms with Crippen LogP contribution >= 0.6 is 0 Å². The van der Waals surface area contributed by atoms with Gasteiger partial charge in [0.05, 0.1) is 13.1 Å². The predicted octanol–water partition coefficient (Wildman–Crippen LogP) is -0.808. The highest BCUT2D eigenvalue weighted by atomic mass is 16.2. The molecule has 0 rings (SSSR count). The lowest BCUT2D eigenvalue weighted by Crippen LogP contribution is -2.47. The Morgan fingerprint density at radius 2 is 2.12 bits per heavy atom. The van der Waals surface area contributed by atoms with E-state index in [0.29, 0.717) is 13.1 Å².